The zero-order valence-corrected chi connectivity index (χ0v) is 17.5. The van der Waals surface area contributed by atoms with Gasteiger partial charge in [-0.25, -0.2) is 4.79 Å². The Morgan fingerprint density at radius 2 is 1.69 bits per heavy atom. The van der Waals surface area contributed by atoms with Crippen LogP contribution in [0.25, 0.3) is 28.2 Å². The Kier molecular flexibility index (Phi) is 6.03. The number of hydrogen-bond donors (Lipinski definition) is 0. The van der Waals surface area contributed by atoms with Gasteiger partial charge >= 0.3 is 5.97 Å². The molecule has 0 atom stereocenters. The fraction of sp³-hybridized carbons (Fsp3) is 0.0769. The van der Waals surface area contributed by atoms with E-state index in [-0.39, 0.29) is 11.2 Å². The molecule has 6 heteroatoms. The van der Waals surface area contributed by atoms with Crippen LogP contribution in [0.5, 0.6) is 17.2 Å². The molecule has 0 fully saturated rings. The maximum Gasteiger partial charge on any atom is 0.336 e. The zero-order valence-electron chi connectivity index (χ0n) is 17.5. The standard InChI is InChI=1S/C26H20O6/c1-29-22-12-9-18(14-24(22)30-2)21-16-31-23-15-19(10-11-20(23)26(21)28)32-25(27)13-8-17-6-4-3-5-7-17/h3-16H,1-2H3/b13-8+. The summed E-state index contributed by atoms with van der Waals surface area (Å²) in [5.41, 5.74) is 2.02. The maximum atomic E-state index is 13.0. The molecule has 0 aliphatic heterocycles. The van der Waals surface area contributed by atoms with Crippen LogP contribution < -0.4 is 19.6 Å². The molecule has 0 amide bonds. The van der Waals surface area contributed by atoms with Crippen molar-refractivity contribution in [3.8, 4) is 28.4 Å². The third-order valence-electron chi connectivity index (χ3n) is 4.87. The first-order chi connectivity index (χ1) is 15.6. The van der Waals surface area contributed by atoms with Crippen LogP contribution in [0, 0.1) is 0 Å². The lowest BCUT2D eigenvalue weighted by atomic mass is 10.0. The molecule has 0 aliphatic rings. The summed E-state index contributed by atoms with van der Waals surface area (Å²) in [4.78, 5) is 25.1. The predicted molar refractivity (Wildman–Crippen MR) is 122 cm³/mol. The highest BCUT2D eigenvalue weighted by molar-refractivity contribution is 5.90. The van der Waals surface area contributed by atoms with Crippen molar-refractivity contribution in [3.63, 3.8) is 0 Å². The van der Waals surface area contributed by atoms with Gasteiger partial charge in [0.05, 0.1) is 25.2 Å². The lowest BCUT2D eigenvalue weighted by Crippen LogP contribution is -2.06. The Morgan fingerprint density at radius 1 is 0.906 bits per heavy atom. The van der Waals surface area contributed by atoms with Crippen molar-refractivity contribution in [1.29, 1.82) is 0 Å². The van der Waals surface area contributed by atoms with Crippen LogP contribution in [0.3, 0.4) is 0 Å². The van der Waals surface area contributed by atoms with Crippen molar-refractivity contribution in [3.05, 3.63) is 94.9 Å². The average Bonchev–Trinajstić information content (AvgIpc) is 2.83. The summed E-state index contributed by atoms with van der Waals surface area (Å²) >= 11 is 0. The second-order valence-corrected chi connectivity index (χ2v) is 6.87. The first-order valence-electron chi connectivity index (χ1n) is 9.82. The van der Waals surface area contributed by atoms with E-state index in [0.29, 0.717) is 33.6 Å². The predicted octanol–water partition coefficient (Wildman–Crippen LogP) is 5.10. The van der Waals surface area contributed by atoms with Crippen LogP contribution in [0.1, 0.15) is 5.56 Å². The van der Waals surface area contributed by atoms with Crippen molar-refractivity contribution < 1.29 is 23.4 Å². The molecule has 4 rings (SSSR count). The van der Waals surface area contributed by atoms with Crippen molar-refractivity contribution in [2.24, 2.45) is 0 Å². The number of methoxy groups -OCH3 is 2. The second-order valence-electron chi connectivity index (χ2n) is 6.87. The molecule has 0 aliphatic carbocycles. The summed E-state index contributed by atoms with van der Waals surface area (Å²) in [6.45, 7) is 0. The molecule has 32 heavy (non-hydrogen) atoms. The Balaban J connectivity index is 1.59. The van der Waals surface area contributed by atoms with Crippen LogP contribution >= 0.6 is 0 Å². The van der Waals surface area contributed by atoms with Crippen molar-refractivity contribution in [2.75, 3.05) is 14.2 Å². The zero-order chi connectivity index (χ0) is 22.5. The van der Waals surface area contributed by atoms with E-state index in [0.717, 1.165) is 5.56 Å². The summed E-state index contributed by atoms with van der Waals surface area (Å²) in [6, 6.07) is 19.3. The van der Waals surface area contributed by atoms with E-state index < -0.39 is 5.97 Å². The molecule has 0 bridgehead atoms. The normalized spacial score (nSPS) is 10.9. The lowest BCUT2D eigenvalue weighted by Gasteiger charge is -2.10. The van der Waals surface area contributed by atoms with Gasteiger partial charge in [-0.1, -0.05) is 36.4 Å². The van der Waals surface area contributed by atoms with Gasteiger partial charge in [0.1, 0.15) is 17.6 Å². The third-order valence-corrected chi connectivity index (χ3v) is 4.87. The number of hydrogen-bond acceptors (Lipinski definition) is 6. The number of benzene rings is 3. The van der Waals surface area contributed by atoms with E-state index in [4.69, 9.17) is 18.6 Å². The Bertz CT molecular complexity index is 1350. The number of fused-ring (bicyclic) bond motifs is 1. The van der Waals surface area contributed by atoms with Gasteiger partial charge < -0.3 is 18.6 Å². The fourth-order valence-electron chi connectivity index (χ4n) is 3.25. The van der Waals surface area contributed by atoms with Crippen LogP contribution in [0.4, 0.5) is 0 Å². The van der Waals surface area contributed by atoms with E-state index in [9.17, 15) is 9.59 Å². The summed E-state index contributed by atoms with van der Waals surface area (Å²) in [5, 5.41) is 0.372. The molecule has 3 aromatic carbocycles. The number of rotatable bonds is 6. The molecule has 1 heterocycles. The minimum absolute atomic E-state index is 0.208. The molecule has 0 radical (unpaired) electrons. The van der Waals surface area contributed by atoms with Gasteiger partial charge in [0, 0.05) is 12.1 Å². The number of ether oxygens (including phenoxy) is 3. The molecular weight excluding hydrogens is 408 g/mol. The first-order valence-corrected chi connectivity index (χ1v) is 9.82. The maximum absolute atomic E-state index is 13.0. The summed E-state index contributed by atoms with van der Waals surface area (Å²) in [7, 11) is 3.08. The highest BCUT2D eigenvalue weighted by Crippen LogP contribution is 2.32. The van der Waals surface area contributed by atoms with Gasteiger partial charge in [0.25, 0.3) is 0 Å². The van der Waals surface area contributed by atoms with Gasteiger partial charge in [0.15, 0.2) is 16.9 Å². The molecule has 0 N–H and O–H groups in total. The monoisotopic (exact) mass is 428 g/mol. The Hall–Kier alpha value is -4.32. The SMILES string of the molecule is COc1ccc(-c2coc3cc(OC(=O)/C=C/c4ccccc4)ccc3c2=O)cc1OC. The molecule has 0 saturated carbocycles. The minimum atomic E-state index is -0.530. The minimum Gasteiger partial charge on any atom is -0.493 e. The molecule has 0 unspecified atom stereocenters. The van der Waals surface area contributed by atoms with Crippen LogP contribution in [0.2, 0.25) is 0 Å². The number of esters is 1. The van der Waals surface area contributed by atoms with Gasteiger partial charge in [-0.15, -0.1) is 0 Å². The smallest absolute Gasteiger partial charge is 0.336 e. The van der Waals surface area contributed by atoms with Gasteiger partial charge in [0.2, 0.25) is 0 Å². The van der Waals surface area contributed by atoms with E-state index in [1.165, 1.54) is 25.5 Å². The van der Waals surface area contributed by atoms with Gasteiger partial charge in [-0.2, -0.15) is 0 Å². The molecule has 0 spiro atoms. The third kappa shape index (κ3) is 4.39. The van der Waals surface area contributed by atoms with E-state index in [2.05, 4.69) is 0 Å². The molecule has 6 nitrogen and oxygen atoms in total. The van der Waals surface area contributed by atoms with Crippen LogP contribution in [-0.2, 0) is 4.79 Å². The molecule has 1 aromatic heterocycles. The first kappa shape index (κ1) is 20.9. The quantitative estimate of drug-likeness (QED) is 0.242. The molecule has 160 valence electrons. The highest BCUT2D eigenvalue weighted by atomic mass is 16.5. The van der Waals surface area contributed by atoms with E-state index >= 15 is 0 Å². The summed E-state index contributed by atoms with van der Waals surface area (Å²) in [5.74, 6) is 0.823. The topological polar surface area (TPSA) is 75.0 Å². The largest absolute Gasteiger partial charge is 0.493 e. The summed E-state index contributed by atoms with van der Waals surface area (Å²) in [6.07, 6.45) is 4.39. The van der Waals surface area contributed by atoms with Crippen LogP contribution in [0.15, 0.2) is 88.3 Å². The highest BCUT2D eigenvalue weighted by Gasteiger charge is 2.13. The number of carbonyl (C=O) groups is 1. The molecule has 0 saturated heterocycles. The Labute approximate surface area is 184 Å². The van der Waals surface area contributed by atoms with Crippen LogP contribution in [-0.4, -0.2) is 20.2 Å². The molecular formula is C26H20O6. The lowest BCUT2D eigenvalue weighted by molar-refractivity contribution is -0.128. The summed E-state index contributed by atoms with van der Waals surface area (Å²) < 4.78 is 21.6. The van der Waals surface area contributed by atoms with Crippen molar-refractivity contribution >= 4 is 23.0 Å². The Morgan fingerprint density at radius 3 is 2.44 bits per heavy atom. The molecule has 4 aromatic rings. The van der Waals surface area contributed by atoms with Crippen molar-refractivity contribution in [1.82, 2.24) is 0 Å². The fourth-order valence-corrected chi connectivity index (χ4v) is 3.25. The van der Waals surface area contributed by atoms with Gasteiger partial charge in [-0.05, 0) is 41.5 Å². The second kappa shape index (κ2) is 9.22. The van der Waals surface area contributed by atoms with Crippen molar-refractivity contribution in [2.45, 2.75) is 0 Å². The number of carbonyl (C=O) groups excluding carboxylic acids is 1. The average molecular weight is 428 g/mol. The van der Waals surface area contributed by atoms with E-state index in [1.54, 1.807) is 43.5 Å². The van der Waals surface area contributed by atoms with E-state index in [1.807, 2.05) is 30.3 Å². The van der Waals surface area contributed by atoms with Gasteiger partial charge in [-0.3, -0.25) is 4.79 Å².